The number of aromatic nitrogens is 3. The Morgan fingerprint density at radius 1 is 1.11 bits per heavy atom. The smallest absolute Gasteiger partial charge is 0.229 e. The van der Waals surface area contributed by atoms with Crippen molar-refractivity contribution in [1.29, 1.82) is 0 Å². The van der Waals surface area contributed by atoms with Crippen LogP contribution in [0.4, 0.5) is 15.9 Å². The first-order valence-electron chi connectivity index (χ1n) is 9.24. The van der Waals surface area contributed by atoms with Crippen LogP contribution in [0.1, 0.15) is 12.8 Å². The zero-order valence-electron chi connectivity index (χ0n) is 15.3. The van der Waals surface area contributed by atoms with Gasteiger partial charge < -0.3 is 10.2 Å². The summed E-state index contributed by atoms with van der Waals surface area (Å²) in [6, 6.07) is 13.5. The summed E-state index contributed by atoms with van der Waals surface area (Å²) in [5, 5.41) is 11.5. The van der Waals surface area contributed by atoms with Gasteiger partial charge in [0.15, 0.2) is 5.82 Å². The number of amides is 1. The second kappa shape index (κ2) is 8.12. The van der Waals surface area contributed by atoms with Gasteiger partial charge in [0.05, 0.1) is 23.5 Å². The van der Waals surface area contributed by atoms with Gasteiger partial charge in [-0.05, 0) is 61.4 Å². The van der Waals surface area contributed by atoms with Crippen LogP contribution in [0, 0.1) is 11.7 Å². The minimum atomic E-state index is -0.280. The van der Waals surface area contributed by atoms with E-state index < -0.39 is 0 Å². The van der Waals surface area contributed by atoms with E-state index in [1.807, 2.05) is 18.2 Å². The van der Waals surface area contributed by atoms with Crippen LogP contribution in [-0.2, 0) is 4.79 Å². The Morgan fingerprint density at radius 2 is 1.96 bits per heavy atom. The van der Waals surface area contributed by atoms with Gasteiger partial charge in [0.2, 0.25) is 5.91 Å². The maximum absolute atomic E-state index is 13.1. The van der Waals surface area contributed by atoms with Crippen molar-refractivity contribution in [3.8, 4) is 11.3 Å². The summed E-state index contributed by atoms with van der Waals surface area (Å²) in [6.07, 6.45) is 5.06. The van der Waals surface area contributed by atoms with E-state index in [1.165, 1.54) is 12.1 Å². The van der Waals surface area contributed by atoms with Crippen molar-refractivity contribution in [2.24, 2.45) is 5.92 Å². The Labute approximate surface area is 162 Å². The molecule has 1 aliphatic heterocycles. The van der Waals surface area contributed by atoms with E-state index in [1.54, 1.807) is 30.6 Å². The zero-order valence-corrected chi connectivity index (χ0v) is 15.3. The van der Waals surface area contributed by atoms with Gasteiger partial charge in [0, 0.05) is 24.8 Å². The van der Waals surface area contributed by atoms with E-state index in [-0.39, 0.29) is 17.6 Å². The van der Waals surface area contributed by atoms with E-state index in [4.69, 9.17) is 0 Å². The fraction of sp³-hybridized carbons (Fsp3) is 0.238. The number of benzene rings is 1. The molecule has 1 aromatic carbocycles. The molecule has 3 aromatic rings. The Morgan fingerprint density at radius 3 is 2.68 bits per heavy atom. The minimum Gasteiger partial charge on any atom is -0.354 e. The molecule has 1 N–H and O–H groups in total. The topological polar surface area (TPSA) is 71.0 Å². The van der Waals surface area contributed by atoms with Crippen molar-refractivity contribution in [3.05, 3.63) is 66.7 Å². The number of rotatable bonds is 4. The highest BCUT2D eigenvalue weighted by atomic mass is 19.1. The summed E-state index contributed by atoms with van der Waals surface area (Å²) >= 11 is 0. The molecule has 4 rings (SSSR count). The number of hydrogen-bond donors (Lipinski definition) is 1. The number of pyridine rings is 1. The van der Waals surface area contributed by atoms with Gasteiger partial charge in [0.25, 0.3) is 0 Å². The molecular formula is C21H20FN5O. The molecule has 1 atom stereocenters. The maximum Gasteiger partial charge on any atom is 0.229 e. The first kappa shape index (κ1) is 18.0. The van der Waals surface area contributed by atoms with Crippen molar-refractivity contribution in [3.63, 3.8) is 0 Å². The summed E-state index contributed by atoms with van der Waals surface area (Å²) in [6.45, 7) is 1.43. The molecule has 1 unspecified atom stereocenters. The molecule has 1 aliphatic rings. The lowest BCUT2D eigenvalue weighted by atomic mass is 9.97. The summed E-state index contributed by atoms with van der Waals surface area (Å²) in [5.41, 5.74) is 2.20. The van der Waals surface area contributed by atoms with E-state index in [0.717, 1.165) is 30.8 Å². The molecule has 142 valence electrons. The predicted molar refractivity (Wildman–Crippen MR) is 105 cm³/mol. The van der Waals surface area contributed by atoms with Crippen LogP contribution in [-0.4, -0.2) is 34.2 Å². The van der Waals surface area contributed by atoms with Gasteiger partial charge in [-0.1, -0.05) is 0 Å². The Balaban J connectivity index is 1.42. The number of carbonyl (C=O) groups is 1. The fourth-order valence-electron chi connectivity index (χ4n) is 3.35. The SMILES string of the molecule is O=C(Nc1cccnc1)C1CCCN(c2ccc(-c3ccc(F)cc3)nn2)C1. The lowest BCUT2D eigenvalue weighted by Crippen LogP contribution is -2.41. The van der Waals surface area contributed by atoms with Gasteiger partial charge in [-0.25, -0.2) is 4.39 Å². The largest absolute Gasteiger partial charge is 0.354 e. The summed E-state index contributed by atoms with van der Waals surface area (Å²) in [4.78, 5) is 18.7. The molecule has 0 bridgehead atoms. The van der Waals surface area contributed by atoms with Gasteiger partial charge in [-0.15, -0.1) is 10.2 Å². The molecule has 1 saturated heterocycles. The molecular weight excluding hydrogens is 357 g/mol. The van der Waals surface area contributed by atoms with Gasteiger partial charge in [-0.3, -0.25) is 9.78 Å². The number of halogens is 1. The van der Waals surface area contributed by atoms with Gasteiger partial charge in [0.1, 0.15) is 5.82 Å². The lowest BCUT2D eigenvalue weighted by molar-refractivity contribution is -0.120. The van der Waals surface area contributed by atoms with Crippen LogP contribution in [0.2, 0.25) is 0 Å². The third-order valence-electron chi connectivity index (χ3n) is 4.84. The molecule has 1 fully saturated rings. The van der Waals surface area contributed by atoms with Crippen molar-refractivity contribution in [2.75, 3.05) is 23.3 Å². The van der Waals surface area contributed by atoms with Crippen molar-refractivity contribution in [2.45, 2.75) is 12.8 Å². The van der Waals surface area contributed by atoms with Crippen molar-refractivity contribution in [1.82, 2.24) is 15.2 Å². The minimum absolute atomic E-state index is 0.00593. The number of hydrogen-bond acceptors (Lipinski definition) is 5. The second-order valence-electron chi connectivity index (χ2n) is 6.80. The molecule has 0 radical (unpaired) electrons. The standard InChI is InChI=1S/C21H20FN5O/c22-17-7-5-15(6-8-17)19-9-10-20(26-25-19)27-12-2-3-16(14-27)21(28)24-18-4-1-11-23-13-18/h1,4-11,13,16H,2-3,12,14H2,(H,24,28). The third-order valence-corrected chi connectivity index (χ3v) is 4.84. The first-order valence-corrected chi connectivity index (χ1v) is 9.24. The highest BCUT2D eigenvalue weighted by Crippen LogP contribution is 2.24. The van der Waals surface area contributed by atoms with Crippen LogP contribution in [0.25, 0.3) is 11.3 Å². The predicted octanol–water partition coefficient (Wildman–Crippen LogP) is 3.53. The van der Waals surface area contributed by atoms with Crippen LogP contribution in [0.3, 0.4) is 0 Å². The van der Waals surface area contributed by atoms with Crippen LogP contribution < -0.4 is 10.2 Å². The molecule has 2 aromatic heterocycles. The number of piperidine rings is 1. The average Bonchev–Trinajstić information content (AvgIpc) is 2.75. The Hall–Kier alpha value is -3.35. The fourth-order valence-corrected chi connectivity index (χ4v) is 3.35. The van der Waals surface area contributed by atoms with Crippen molar-refractivity contribution >= 4 is 17.4 Å². The zero-order chi connectivity index (χ0) is 19.3. The molecule has 0 saturated carbocycles. The molecule has 28 heavy (non-hydrogen) atoms. The number of nitrogens with zero attached hydrogens (tertiary/aromatic N) is 4. The summed E-state index contributed by atoms with van der Waals surface area (Å²) in [7, 11) is 0. The van der Waals surface area contributed by atoms with Crippen LogP contribution in [0.5, 0.6) is 0 Å². The molecule has 7 heteroatoms. The van der Waals surface area contributed by atoms with Crippen molar-refractivity contribution < 1.29 is 9.18 Å². The first-order chi connectivity index (χ1) is 13.7. The normalized spacial score (nSPS) is 16.6. The lowest BCUT2D eigenvalue weighted by Gasteiger charge is -2.32. The van der Waals surface area contributed by atoms with Crippen LogP contribution >= 0.6 is 0 Å². The summed E-state index contributed by atoms with van der Waals surface area (Å²) < 4.78 is 13.1. The quantitative estimate of drug-likeness (QED) is 0.753. The third kappa shape index (κ3) is 4.14. The average molecular weight is 377 g/mol. The summed E-state index contributed by atoms with van der Waals surface area (Å²) in [5.74, 6) is 0.336. The Kier molecular flexibility index (Phi) is 5.23. The Bertz CT molecular complexity index is 931. The highest BCUT2D eigenvalue weighted by molar-refractivity contribution is 5.92. The molecule has 6 nitrogen and oxygen atoms in total. The second-order valence-corrected chi connectivity index (χ2v) is 6.80. The van der Waals surface area contributed by atoms with Gasteiger partial charge in [-0.2, -0.15) is 0 Å². The van der Waals surface area contributed by atoms with E-state index in [0.29, 0.717) is 17.9 Å². The van der Waals surface area contributed by atoms with Crippen LogP contribution in [0.15, 0.2) is 60.9 Å². The number of anilines is 2. The molecule has 0 spiro atoms. The monoisotopic (exact) mass is 377 g/mol. The number of carbonyl (C=O) groups excluding carboxylic acids is 1. The molecule has 0 aliphatic carbocycles. The maximum atomic E-state index is 13.1. The molecule has 1 amide bonds. The van der Waals surface area contributed by atoms with E-state index in [9.17, 15) is 9.18 Å². The van der Waals surface area contributed by atoms with E-state index >= 15 is 0 Å². The number of nitrogens with one attached hydrogen (secondary N) is 1. The van der Waals surface area contributed by atoms with Gasteiger partial charge >= 0.3 is 0 Å². The van der Waals surface area contributed by atoms with E-state index in [2.05, 4.69) is 25.4 Å². The highest BCUT2D eigenvalue weighted by Gasteiger charge is 2.26. The molecule has 3 heterocycles.